The van der Waals surface area contributed by atoms with E-state index in [9.17, 15) is 0 Å². The Morgan fingerprint density at radius 1 is 0.842 bits per heavy atom. The number of aromatic nitrogens is 5. The van der Waals surface area contributed by atoms with Crippen molar-refractivity contribution < 1.29 is 0 Å². The van der Waals surface area contributed by atoms with Gasteiger partial charge in [-0.05, 0) is 12.1 Å². The monoisotopic (exact) mass is 607 g/mol. The van der Waals surface area contributed by atoms with E-state index in [1.54, 1.807) is 69.3 Å². The minimum Gasteiger partial charge on any atom is -0.379 e. The Hall–Kier alpha value is -2.27. The molecule has 38 heavy (non-hydrogen) atoms. The Labute approximate surface area is 242 Å². The Morgan fingerprint density at radius 3 is 2.05 bits per heavy atom. The summed E-state index contributed by atoms with van der Waals surface area (Å²) in [6.07, 6.45) is 9.99. The summed E-state index contributed by atoms with van der Waals surface area (Å²) in [5.74, 6) is 3.98. The molecule has 3 aliphatic heterocycles. The molecule has 6 rings (SSSR count). The van der Waals surface area contributed by atoms with Crippen LogP contribution in [0.1, 0.15) is 4.88 Å². The Morgan fingerprint density at radius 2 is 1.50 bits per heavy atom. The number of hydrogen-bond acceptors (Lipinski definition) is 15. The van der Waals surface area contributed by atoms with E-state index in [2.05, 4.69) is 35.3 Å². The molecule has 0 saturated carbocycles. The van der Waals surface area contributed by atoms with Crippen LogP contribution in [0.2, 0.25) is 0 Å². The van der Waals surface area contributed by atoms with Gasteiger partial charge in [0.15, 0.2) is 15.5 Å². The lowest BCUT2D eigenvalue weighted by Crippen LogP contribution is -2.14. The standard InChI is InChI=1S/C9H11N3S2.C7H9N3S2.C6H9N5S/c10-9-12-7(6-14-9)5-13-8-1-3-11-4-2-8;8-7-10-5(3-11-7)1-6-2-9-4-12-6;7-6-9-5(4-12-6)3-11-2-1-8-10-11/h1-4,7H,5-6H2,(H2,10,12);2,4-5H,1,3H2,(H2,8,10);1-2,5H,3-4H2,(H2,7,9). The maximum Gasteiger partial charge on any atom is 0.154 e. The number of pyridine rings is 1. The van der Waals surface area contributed by atoms with Crippen molar-refractivity contribution in [3.05, 3.63) is 53.5 Å². The van der Waals surface area contributed by atoms with Crippen LogP contribution < -0.4 is 17.2 Å². The lowest BCUT2D eigenvalue weighted by Gasteiger charge is -2.04. The Kier molecular flexibility index (Phi) is 11.6. The molecule has 3 aromatic heterocycles. The fraction of sp³-hybridized carbons (Fsp3) is 0.409. The van der Waals surface area contributed by atoms with Crippen LogP contribution in [-0.2, 0) is 13.0 Å². The van der Waals surface area contributed by atoms with Gasteiger partial charge in [-0.1, -0.05) is 40.5 Å². The van der Waals surface area contributed by atoms with Gasteiger partial charge in [0.1, 0.15) is 0 Å². The van der Waals surface area contributed by atoms with Crippen molar-refractivity contribution in [2.24, 2.45) is 32.2 Å². The van der Waals surface area contributed by atoms with Crippen LogP contribution in [0.25, 0.3) is 0 Å². The van der Waals surface area contributed by atoms with E-state index in [-0.39, 0.29) is 6.04 Å². The van der Waals surface area contributed by atoms with E-state index >= 15 is 0 Å². The highest BCUT2D eigenvalue weighted by molar-refractivity contribution is 8.14. The predicted molar refractivity (Wildman–Crippen MR) is 164 cm³/mol. The second-order valence-corrected chi connectivity index (χ2v) is 13.3. The van der Waals surface area contributed by atoms with E-state index in [0.29, 0.717) is 17.3 Å². The third kappa shape index (κ3) is 10.1. The summed E-state index contributed by atoms with van der Waals surface area (Å²) >= 11 is 8.36. The number of aliphatic imine (C=N–C) groups is 3. The molecular weight excluding hydrogens is 579 g/mol. The van der Waals surface area contributed by atoms with Gasteiger partial charge in [-0.25, -0.2) is 0 Å². The summed E-state index contributed by atoms with van der Waals surface area (Å²) in [4.78, 5) is 23.4. The Balaban J connectivity index is 0.000000133. The van der Waals surface area contributed by atoms with Crippen molar-refractivity contribution in [3.8, 4) is 0 Å². The van der Waals surface area contributed by atoms with Crippen molar-refractivity contribution in [2.45, 2.75) is 36.0 Å². The number of nitrogens with two attached hydrogens (primary N) is 3. The molecule has 0 aliphatic carbocycles. The molecule has 6 N–H and O–H groups in total. The molecule has 0 aromatic carbocycles. The third-order valence-electron chi connectivity index (χ3n) is 5.08. The van der Waals surface area contributed by atoms with E-state index in [0.717, 1.165) is 46.3 Å². The van der Waals surface area contributed by atoms with Gasteiger partial charge >= 0.3 is 0 Å². The van der Waals surface area contributed by atoms with Crippen LogP contribution in [0.5, 0.6) is 0 Å². The number of rotatable bonds is 7. The van der Waals surface area contributed by atoms with Gasteiger partial charge in [0.25, 0.3) is 0 Å². The lowest BCUT2D eigenvalue weighted by molar-refractivity contribution is 0.532. The van der Waals surface area contributed by atoms with Gasteiger partial charge in [-0.3, -0.25) is 29.6 Å². The van der Waals surface area contributed by atoms with E-state index in [1.165, 1.54) is 9.77 Å². The Bertz CT molecular complexity index is 1130. The van der Waals surface area contributed by atoms with Gasteiger partial charge in [-0.2, -0.15) is 0 Å². The fourth-order valence-corrected chi connectivity index (χ4v) is 7.37. The molecule has 0 spiro atoms. The molecule has 0 fully saturated rings. The van der Waals surface area contributed by atoms with Crippen molar-refractivity contribution in [1.29, 1.82) is 0 Å². The second-order valence-electron chi connectivity index (χ2n) is 8.09. The summed E-state index contributed by atoms with van der Waals surface area (Å²) in [6, 6.07) is 5.03. The predicted octanol–water partition coefficient (Wildman–Crippen LogP) is 2.43. The molecule has 6 heterocycles. The molecule has 0 radical (unpaired) electrons. The van der Waals surface area contributed by atoms with Crippen LogP contribution in [0.4, 0.5) is 0 Å². The maximum absolute atomic E-state index is 5.59. The maximum atomic E-state index is 5.59. The van der Waals surface area contributed by atoms with Crippen LogP contribution in [-0.4, -0.2) is 81.6 Å². The van der Waals surface area contributed by atoms with Crippen LogP contribution >= 0.6 is 58.4 Å². The zero-order valence-electron chi connectivity index (χ0n) is 20.4. The quantitative estimate of drug-likeness (QED) is 0.337. The third-order valence-corrected chi connectivity index (χ3v) is 9.90. The van der Waals surface area contributed by atoms with Crippen LogP contribution in [0.3, 0.4) is 0 Å². The zero-order chi connectivity index (χ0) is 26.6. The molecule has 0 amide bonds. The minimum atomic E-state index is 0.261. The summed E-state index contributed by atoms with van der Waals surface area (Å²) in [5.41, 5.74) is 18.5. The minimum absolute atomic E-state index is 0.261. The first-order valence-electron chi connectivity index (χ1n) is 11.7. The molecule has 3 aliphatic rings. The molecule has 11 nitrogen and oxygen atoms in total. The highest BCUT2D eigenvalue weighted by Crippen LogP contribution is 2.23. The second kappa shape index (κ2) is 15.4. The van der Waals surface area contributed by atoms with E-state index in [4.69, 9.17) is 17.2 Å². The summed E-state index contributed by atoms with van der Waals surface area (Å²) in [5, 5.41) is 9.70. The molecule has 0 saturated heterocycles. The molecule has 3 atom stereocenters. The average Bonchev–Trinajstić information content (AvgIpc) is 3.75. The highest BCUT2D eigenvalue weighted by atomic mass is 32.2. The number of amidine groups is 3. The van der Waals surface area contributed by atoms with Gasteiger partial charge in [0, 0.05) is 64.0 Å². The smallest absolute Gasteiger partial charge is 0.154 e. The number of nitrogens with zero attached hydrogens (tertiary/aromatic N) is 8. The molecule has 3 aromatic rings. The van der Waals surface area contributed by atoms with Crippen molar-refractivity contribution >= 4 is 73.9 Å². The lowest BCUT2D eigenvalue weighted by atomic mass is 10.2. The molecule has 16 heteroatoms. The fourth-order valence-electron chi connectivity index (χ4n) is 3.34. The molecule has 3 unspecified atom stereocenters. The largest absolute Gasteiger partial charge is 0.379 e. The first kappa shape index (κ1) is 28.7. The van der Waals surface area contributed by atoms with E-state index < -0.39 is 0 Å². The summed E-state index contributed by atoms with van der Waals surface area (Å²) < 4.78 is 1.77. The number of thiazole rings is 1. The zero-order valence-corrected chi connectivity index (χ0v) is 24.5. The summed E-state index contributed by atoms with van der Waals surface area (Å²) in [6.45, 7) is 0.772. The number of hydrogen-bond donors (Lipinski definition) is 3. The van der Waals surface area contributed by atoms with Crippen molar-refractivity contribution in [1.82, 2.24) is 25.0 Å². The topological polar surface area (TPSA) is 172 Å². The first-order chi connectivity index (χ1) is 18.5. The highest BCUT2D eigenvalue weighted by Gasteiger charge is 2.18. The van der Waals surface area contributed by atoms with E-state index in [1.807, 2.05) is 42.4 Å². The van der Waals surface area contributed by atoms with Gasteiger partial charge < -0.3 is 17.2 Å². The summed E-state index contributed by atoms with van der Waals surface area (Å²) in [7, 11) is 0. The average molecular weight is 608 g/mol. The normalized spacial score (nSPS) is 22.0. The SMILES string of the molecule is NC1=NC(CSc2ccncc2)CS1.NC1=NC(Cc2cncs2)CS1.NC1=NC(Cn2ccnn2)CS1. The van der Waals surface area contributed by atoms with Gasteiger partial charge in [0.05, 0.1) is 36.4 Å². The number of thioether (sulfide) groups is 4. The van der Waals surface area contributed by atoms with Crippen molar-refractivity contribution in [3.63, 3.8) is 0 Å². The van der Waals surface area contributed by atoms with Crippen LogP contribution in [0, 0.1) is 0 Å². The molecule has 202 valence electrons. The van der Waals surface area contributed by atoms with Crippen molar-refractivity contribution in [2.75, 3.05) is 23.0 Å². The van der Waals surface area contributed by atoms with Crippen LogP contribution in [0.15, 0.2) is 68.5 Å². The molecule has 0 bridgehead atoms. The first-order valence-corrected chi connectivity index (χ1v) is 16.5. The van der Waals surface area contributed by atoms with Gasteiger partial charge in [0.2, 0.25) is 0 Å². The molecular formula is C22H29N11S5. The van der Waals surface area contributed by atoms with Gasteiger partial charge in [-0.15, -0.1) is 28.2 Å².